The highest BCUT2D eigenvalue weighted by molar-refractivity contribution is 7.13. The fourth-order valence-corrected chi connectivity index (χ4v) is 4.64. The van der Waals surface area contributed by atoms with E-state index in [0.29, 0.717) is 23.5 Å². The lowest BCUT2D eigenvalue weighted by Gasteiger charge is -2.11. The van der Waals surface area contributed by atoms with E-state index in [9.17, 15) is 4.79 Å². The van der Waals surface area contributed by atoms with Crippen molar-refractivity contribution in [2.45, 2.75) is 13.5 Å². The number of aromatic nitrogens is 2. The normalized spacial score (nSPS) is 11.0. The van der Waals surface area contributed by atoms with E-state index < -0.39 is 0 Å². The summed E-state index contributed by atoms with van der Waals surface area (Å²) >= 11 is 1.65. The van der Waals surface area contributed by atoms with Gasteiger partial charge in [-0.3, -0.25) is 9.48 Å². The largest absolute Gasteiger partial charge is 0.497 e. The number of thiophene rings is 1. The third-order valence-corrected chi connectivity index (χ3v) is 6.78. The van der Waals surface area contributed by atoms with E-state index in [2.05, 4.69) is 12.2 Å². The number of rotatable bonds is 6. The lowest BCUT2D eigenvalue weighted by molar-refractivity contribution is 0.102. The van der Waals surface area contributed by atoms with Crippen LogP contribution in [0.2, 0.25) is 0 Å². The molecule has 1 amide bonds. The van der Waals surface area contributed by atoms with Crippen LogP contribution in [0, 0.1) is 6.92 Å². The second-order valence-corrected chi connectivity index (χ2v) is 9.00. The Morgan fingerprint density at radius 2 is 1.91 bits per heavy atom. The summed E-state index contributed by atoms with van der Waals surface area (Å²) < 4.78 is 7.27. The van der Waals surface area contributed by atoms with Gasteiger partial charge in [0.2, 0.25) is 0 Å². The SMILES string of the molecule is COc1ccc2c(C)n(Cc3ccc(C(=O)Nc4cc(-c5cccs5)ccc4N)cc3)nc2c1. The number of ether oxygens (including phenoxy) is 1. The second-order valence-electron chi connectivity index (χ2n) is 8.06. The number of fused-ring (bicyclic) bond motifs is 1. The molecule has 0 unspecified atom stereocenters. The summed E-state index contributed by atoms with van der Waals surface area (Å²) in [5.41, 5.74) is 11.9. The number of carbonyl (C=O) groups excluding carboxylic acids is 1. The monoisotopic (exact) mass is 468 g/mol. The topological polar surface area (TPSA) is 82.2 Å². The summed E-state index contributed by atoms with van der Waals surface area (Å²) in [6, 6.07) is 23.2. The number of nitrogens with two attached hydrogens (primary N) is 1. The molecule has 3 N–H and O–H groups in total. The summed E-state index contributed by atoms with van der Waals surface area (Å²) in [6.07, 6.45) is 0. The number of anilines is 2. The number of hydrogen-bond donors (Lipinski definition) is 2. The van der Waals surface area contributed by atoms with E-state index in [1.807, 2.05) is 82.9 Å². The van der Waals surface area contributed by atoms with Crippen LogP contribution in [-0.2, 0) is 6.54 Å². The molecule has 6 nitrogen and oxygen atoms in total. The van der Waals surface area contributed by atoms with E-state index in [-0.39, 0.29) is 5.91 Å². The van der Waals surface area contributed by atoms with Gasteiger partial charge in [0.15, 0.2) is 0 Å². The molecule has 170 valence electrons. The molecule has 0 aliphatic carbocycles. The molecule has 7 heteroatoms. The Balaban J connectivity index is 1.32. The van der Waals surface area contributed by atoms with Crippen molar-refractivity contribution >= 4 is 39.5 Å². The van der Waals surface area contributed by atoms with Gasteiger partial charge in [-0.15, -0.1) is 11.3 Å². The predicted octanol–water partition coefficient (Wildman–Crippen LogP) is 5.96. The molecule has 0 bridgehead atoms. The number of carbonyl (C=O) groups is 1. The first-order valence-electron chi connectivity index (χ1n) is 10.9. The third kappa shape index (κ3) is 4.25. The Bertz CT molecular complexity index is 1470. The number of aryl methyl sites for hydroxylation is 1. The van der Waals surface area contributed by atoms with Crippen LogP contribution in [0.25, 0.3) is 21.3 Å². The van der Waals surface area contributed by atoms with Gasteiger partial charge in [-0.2, -0.15) is 5.10 Å². The molecule has 0 spiro atoms. The molecule has 0 aliphatic rings. The molecule has 2 heterocycles. The van der Waals surface area contributed by atoms with Crippen LogP contribution in [0.4, 0.5) is 11.4 Å². The van der Waals surface area contributed by atoms with Crippen LogP contribution in [0.1, 0.15) is 21.6 Å². The Kier molecular flexibility index (Phi) is 5.77. The molecule has 0 fully saturated rings. The van der Waals surface area contributed by atoms with Crippen molar-refractivity contribution in [2.75, 3.05) is 18.2 Å². The highest BCUT2D eigenvalue weighted by atomic mass is 32.1. The average Bonchev–Trinajstić information content (AvgIpc) is 3.49. The van der Waals surface area contributed by atoms with Crippen molar-refractivity contribution in [1.29, 1.82) is 0 Å². The van der Waals surface area contributed by atoms with Gasteiger partial charge in [-0.05, 0) is 65.9 Å². The van der Waals surface area contributed by atoms with Crippen LogP contribution < -0.4 is 15.8 Å². The maximum absolute atomic E-state index is 12.9. The predicted molar refractivity (Wildman–Crippen MR) is 139 cm³/mol. The number of amides is 1. The molecule has 5 aromatic rings. The maximum atomic E-state index is 12.9. The molecule has 5 rings (SSSR count). The van der Waals surface area contributed by atoms with Gasteiger partial charge in [-0.25, -0.2) is 0 Å². The van der Waals surface area contributed by atoms with Crippen LogP contribution in [-0.4, -0.2) is 22.8 Å². The summed E-state index contributed by atoms with van der Waals surface area (Å²) in [7, 11) is 1.65. The van der Waals surface area contributed by atoms with Crippen molar-refractivity contribution in [2.24, 2.45) is 0 Å². The maximum Gasteiger partial charge on any atom is 0.255 e. The zero-order valence-electron chi connectivity index (χ0n) is 18.9. The number of nitrogens with zero attached hydrogens (tertiary/aromatic N) is 2. The van der Waals surface area contributed by atoms with E-state index in [0.717, 1.165) is 38.4 Å². The Hall–Kier alpha value is -4.10. The molecular formula is C27H24N4O2S. The van der Waals surface area contributed by atoms with Gasteiger partial charge in [0.05, 0.1) is 30.5 Å². The summed E-state index contributed by atoms with van der Waals surface area (Å²) in [5.74, 6) is 0.587. The number of nitrogens with one attached hydrogen (secondary N) is 1. The first kappa shape index (κ1) is 21.7. The van der Waals surface area contributed by atoms with Crippen molar-refractivity contribution in [1.82, 2.24) is 9.78 Å². The van der Waals surface area contributed by atoms with Gasteiger partial charge in [0.1, 0.15) is 5.75 Å². The molecule has 0 aliphatic heterocycles. The quantitative estimate of drug-likeness (QED) is 0.301. The zero-order valence-corrected chi connectivity index (χ0v) is 19.7. The summed E-state index contributed by atoms with van der Waals surface area (Å²) in [4.78, 5) is 14.0. The highest BCUT2D eigenvalue weighted by Gasteiger charge is 2.12. The minimum atomic E-state index is -0.199. The number of methoxy groups -OCH3 is 1. The minimum Gasteiger partial charge on any atom is -0.497 e. The van der Waals surface area contributed by atoms with Gasteiger partial charge in [0, 0.05) is 27.6 Å². The fraction of sp³-hybridized carbons (Fsp3) is 0.111. The first-order chi connectivity index (χ1) is 16.5. The number of hydrogen-bond acceptors (Lipinski definition) is 5. The van der Waals surface area contributed by atoms with Crippen LogP contribution >= 0.6 is 11.3 Å². The zero-order chi connectivity index (χ0) is 23.7. The van der Waals surface area contributed by atoms with Gasteiger partial charge in [0.25, 0.3) is 5.91 Å². The van der Waals surface area contributed by atoms with Gasteiger partial charge < -0.3 is 15.8 Å². The molecule has 0 radical (unpaired) electrons. The average molecular weight is 469 g/mol. The van der Waals surface area contributed by atoms with E-state index in [1.54, 1.807) is 18.4 Å². The summed E-state index contributed by atoms with van der Waals surface area (Å²) in [6.45, 7) is 2.67. The van der Waals surface area contributed by atoms with Crippen molar-refractivity contribution in [3.63, 3.8) is 0 Å². The second kappa shape index (κ2) is 9.03. The molecule has 0 saturated heterocycles. The molecule has 3 aromatic carbocycles. The Morgan fingerprint density at radius 3 is 2.65 bits per heavy atom. The Labute approximate surface area is 201 Å². The smallest absolute Gasteiger partial charge is 0.255 e. The van der Waals surface area contributed by atoms with E-state index in [4.69, 9.17) is 15.6 Å². The summed E-state index contributed by atoms with van der Waals surface area (Å²) in [5, 5.41) is 10.8. The van der Waals surface area contributed by atoms with Crippen LogP contribution in [0.15, 0.2) is 78.2 Å². The molecule has 0 atom stereocenters. The van der Waals surface area contributed by atoms with Gasteiger partial charge in [-0.1, -0.05) is 24.3 Å². The van der Waals surface area contributed by atoms with E-state index in [1.165, 1.54) is 0 Å². The van der Waals surface area contributed by atoms with Crippen molar-refractivity contribution in [3.05, 3.63) is 95.0 Å². The van der Waals surface area contributed by atoms with Crippen molar-refractivity contribution in [3.8, 4) is 16.2 Å². The van der Waals surface area contributed by atoms with E-state index >= 15 is 0 Å². The number of nitrogen functional groups attached to an aromatic ring is 1. The fourth-order valence-electron chi connectivity index (χ4n) is 3.91. The van der Waals surface area contributed by atoms with Crippen molar-refractivity contribution < 1.29 is 9.53 Å². The lowest BCUT2D eigenvalue weighted by atomic mass is 10.1. The van der Waals surface area contributed by atoms with Gasteiger partial charge >= 0.3 is 0 Å². The number of benzene rings is 3. The standard InChI is InChI=1S/C27H24N4O2S/c1-17-22-11-10-21(33-2)15-24(22)30-31(17)16-18-5-7-19(8-6-18)27(32)29-25-14-20(9-12-23(25)28)26-4-3-13-34-26/h3-15H,16,28H2,1-2H3,(H,29,32). The first-order valence-corrected chi connectivity index (χ1v) is 11.7. The van der Waals surface area contributed by atoms with Crippen LogP contribution in [0.5, 0.6) is 5.75 Å². The molecule has 34 heavy (non-hydrogen) atoms. The van der Waals surface area contributed by atoms with Crippen LogP contribution in [0.3, 0.4) is 0 Å². The minimum absolute atomic E-state index is 0.199. The lowest BCUT2D eigenvalue weighted by Crippen LogP contribution is -2.13. The molecular weight excluding hydrogens is 444 g/mol. The molecule has 2 aromatic heterocycles. The molecule has 0 saturated carbocycles. The third-order valence-electron chi connectivity index (χ3n) is 5.87. The highest BCUT2D eigenvalue weighted by Crippen LogP contribution is 2.30. The Morgan fingerprint density at radius 1 is 1.09 bits per heavy atom.